The van der Waals surface area contributed by atoms with Gasteiger partial charge in [-0.15, -0.1) is 0 Å². The summed E-state index contributed by atoms with van der Waals surface area (Å²) in [5.41, 5.74) is 7.60. The molecule has 0 radical (unpaired) electrons. The number of hydrogen-bond acceptors (Lipinski definition) is 5. The predicted octanol–water partition coefficient (Wildman–Crippen LogP) is 1.77. The number of nitrogen functional groups attached to an aromatic ring is 1. The number of benzene rings is 1. The molecule has 5 heteroatoms. The Bertz CT molecular complexity index is 609. The number of hydrogen-bond donors (Lipinski definition) is 3. The van der Waals surface area contributed by atoms with Crippen LogP contribution in [-0.2, 0) is 4.74 Å². The maximum absolute atomic E-state index is 10.5. The standard InChI is InChI=1S/C15H19N3O2/c16-11-1-2-12-13(3-6-17-14(12)9-11)18-10-15(19)4-7-20-8-5-15/h1-3,6,9,19H,4-5,7-8,10,16H2,(H,17,18). The molecule has 3 rings (SSSR count). The van der Waals surface area contributed by atoms with Crippen molar-refractivity contribution in [2.24, 2.45) is 0 Å². The van der Waals surface area contributed by atoms with Crippen LogP contribution in [0, 0.1) is 0 Å². The smallest absolute Gasteiger partial charge is 0.0863 e. The second kappa shape index (κ2) is 5.26. The van der Waals surface area contributed by atoms with E-state index in [9.17, 15) is 5.11 Å². The van der Waals surface area contributed by atoms with E-state index in [1.807, 2.05) is 24.3 Å². The van der Waals surface area contributed by atoms with Crippen molar-refractivity contribution in [2.45, 2.75) is 18.4 Å². The lowest BCUT2D eigenvalue weighted by Gasteiger charge is -2.32. The zero-order chi connectivity index (χ0) is 14.0. The Morgan fingerprint density at radius 3 is 2.90 bits per heavy atom. The van der Waals surface area contributed by atoms with Gasteiger partial charge >= 0.3 is 0 Å². The summed E-state index contributed by atoms with van der Waals surface area (Å²) in [7, 11) is 0. The van der Waals surface area contributed by atoms with Crippen LogP contribution in [0.1, 0.15) is 12.8 Å². The molecule has 5 nitrogen and oxygen atoms in total. The molecule has 1 aromatic carbocycles. The SMILES string of the molecule is Nc1ccc2c(NCC3(O)CCOCC3)ccnc2c1. The Kier molecular flexibility index (Phi) is 3.46. The number of fused-ring (bicyclic) bond motifs is 1. The molecule has 106 valence electrons. The zero-order valence-electron chi connectivity index (χ0n) is 11.3. The minimum atomic E-state index is -0.693. The highest BCUT2D eigenvalue weighted by Gasteiger charge is 2.29. The molecule has 1 aliphatic heterocycles. The third-order valence-corrected chi connectivity index (χ3v) is 3.80. The van der Waals surface area contributed by atoms with Gasteiger partial charge in [0.25, 0.3) is 0 Å². The molecular formula is C15H19N3O2. The lowest BCUT2D eigenvalue weighted by molar-refractivity contribution is -0.0543. The van der Waals surface area contributed by atoms with E-state index in [0.717, 1.165) is 16.6 Å². The lowest BCUT2D eigenvalue weighted by Crippen LogP contribution is -2.42. The number of nitrogens with zero attached hydrogens (tertiary/aromatic N) is 1. The van der Waals surface area contributed by atoms with E-state index in [1.165, 1.54) is 0 Å². The molecule has 1 fully saturated rings. The normalized spacial score (nSPS) is 18.1. The molecule has 0 aliphatic carbocycles. The molecule has 2 aromatic rings. The van der Waals surface area contributed by atoms with Crippen LogP contribution in [0.15, 0.2) is 30.5 Å². The molecule has 2 heterocycles. The van der Waals surface area contributed by atoms with Crippen LogP contribution in [0.2, 0.25) is 0 Å². The van der Waals surface area contributed by atoms with Crippen molar-refractivity contribution in [2.75, 3.05) is 30.8 Å². The molecule has 0 atom stereocenters. The van der Waals surface area contributed by atoms with Gasteiger partial charge in [0.1, 0.15) is 0 Å². The fourth-order valence-corrected chi connectivity index (χ4v) is 2.51. The molecule has 20 heavy (non-hydrogen) atoms. The van der Waals surface area contributed by atoms with E-state index in [0.29, 0.717) is 38.3 Å². The number of rotatable bonds is 3. The van der Waals surface area contributed by atoms with E-state index in [4.69, 9.17) is 10.5 Å². The highest BCUT2D eigenvalue weighted by Crippen LogP contribution is 2.26. The van der Waals surface area contributed by atoms with Crippen molar-refractivity contribution in [3.05, 3.63) is 30.5 Å². The van der Waals surface area contributed by atoms with E-state index >= 15 is 0 Å². The third kappa shape index (κ3) is 2.69. The Morgan fingerprint density at radius 2 is 2.10 bits per heavy atom. The minimum absolute atomic E-state index is 0.514. The summed E-state index contributed by atoms with van der Waals surface area (Å²) in [4.78, 5) is 4.31. The highest BCUT2D eigenvalue weighted by atomic mass is 16.5. The van der Waals surface area contributed by atoms with Crippen LogP contribution in [0.4, 0.5) is 11.4 Å². The molecule has 4 N–H and O–H groups in total. The van der Waals surface area contributed by atoms with Gasteiger partial charge in [-0.2, -0.15) is 0 Å². The van der Waals surface area contributed by atoms with Crippen LogP contribution in [0.25, 0.3) is 10.9 Å². The summed E-state index contributed by atoms with van der Waals surface area (Å²) in [6.07, 6.45) is 3.07. The first-order valence-corrected chi connectivity index (χ1v) is 6.85. The van der Waals surface area contributed by atoms with Gasteiger partial charge in [-0.1, -0.05) is 0 Å². The van der Waals surface area contributed by atoms with Crippen molar-refractivity contribution in [1.82, 2.24) is 4.98 Å². The summed E-state index contributed by atoms with van der Waals surface area (Å²) < 4.78 is 5.29. The van der Waals surface area contributed by atoms with Crippen LogP contribution in [-0.4, -0.2) is 35.5 Å². The number of nitrogens with one attached hydrogen (secondary N) is 1. The van der Waals surface area contributed by atoms with Gasteiger partial charge in [0.05, 0.1) is 11.1 Å². The lowest BCUT2D eigenvalue weighted by atomic mass is 9.94. The predicted molar refractivity (Wildman–Crippen MR) is 79.6 cm³/mol. The van der Waals surface area contributed by atoms with E-state index in [1.54, 1.807) is 6.20 Å². The fraction of sp³-hybridized carbons (Fsp3) is 0.400. The fourth-order valence-electron chi connectivity index (χ4n) is 2.51. The van der Waals surface area contributed by atoms with Crippen molar-refractivity contribution >= 4 is 22.3 Å². The second-order valence-corrected chi connectivity index (χ2v) is 5.33. The van der Waals surface area contributed by atoms with Crippen molar-refractivity contribution in [3.63, 3.8) is 0 Å². The average Bonchev–Trinajstić information content (AvgIpc) is 2.45. The number of ether oxygens (including phenoxy) is 1. The maximum Gasteiger partial charge on any atom is 0.0863 e. The van der Waals surface area contributed by atoms with Crippen molar-refractivity contribution < 1.29 is 9.84 Å². The molecular weight excluding hydrogens is 254 g/mol. The third-order valence-electron chi connectivity index (χ3n) is 3.80. The summed E-state index contributed by atoms with van der Waals surface area (Å²) >= 11 is 0. The number of aliphatic hydroxyl groups is 1. The zero-order valence-corrected chi connectivity index (χ0v) is 11.3. The van der Waals surface area contributed by atoms with Gasteiger partial charge in [0.15, 0.2) is 0 Å². The minimum Gasteiger partial charge on any atom is -0.399 e. The van der Waals surface area contributed by atoms with Gasteiger partial charge in [-0.25, -0.2) is 0 Å². The van der Waals surface area contributed by atoms with Crippen LogP contribution in [0.5, 0.6) is 0 Å². The molecule has 0 unspecified atom stereocenters. The molecule has 0 spiro atoms. The maximum atomic E-state index is 10.5. The first-order valence-electron chi connectivity index (χ1n) is 6.85. The summed E-state index contributed by atoms with van der Waals surface area (Å²) in [5, 5.41) is 14.8. The average molecular weight is 273 g/mol. The molecule has 1 aromatic heterocycles. The first-order chi connectivity index (χ1) is 9.66. The van der Waals surface area contributed by atoms with E-state index in [2.05, 4.69) is 10.3 Å². The summed E-state index contributed by atoms with van der Waals surface area (Å²) in [5.74, 6) is 0. The van der Waals surface area contributed by atoms with Crippen LogP contribution < -0.4 is 11.1 Å². The van der Waals surface area contributed by atoms with Gasteiger partial charge in [0, 0.05) is 55.6 Å². The summed E-state index contributed by atoms with van der Waals surface area (Å²) in [6.45, 7) is 1.75. The Hall–Kier alpha value is -1.85. The Balaban J connectivity index is 1.80. The second-order valence-electron chi connectivity index (χ2n) is 5.33. The topological polar surface area (TPSA) is 80.4 Å². The molecule has 1 saturated heterocycles. The molecule has 0 amide bonds. The van der Waals surface area contributed by atoms with Crippen molar-refractivity contribution in [3.8, 4) is 0 Å². The van der Waals surface area contributed by atoms with Gasteiger partial charge in [-0.3, -0.25) is 4.98 Å². The Labute approximate surface area is 117 Å². The molecule has 1 aliphatic rings. The van der Waals surface area contributed by atoms with Gasteiger partial charge < -0.3 is 20.9 Å². The number of anilines is 2. The number of pyridine rings is 1. The number of aromatic nitrogens is 1. The van der Waals surface area contributed by atoms with Crippen LogP contribution >= 0.6 is 0 Å². The van der Waals surface area contributed by atoms with Gasteiger partial charge in [0.2, 0.25) is 0 Å². The van der Waals surface area contributed by atoms with E-state index < -0.39 is 5.60 Å². The van der Waals surface area contributed by atoms with Crippen molar-refractivity contribution in [1.29, 1.82) is 0 Å². The van der Waals surface area contributed by atoms with Crippen LogP contribution in [0.3, 0.4) is 0 Å². The first kappa shape index (κ1) is 13.1. The highest BCUT2D eigenvalue weighted by molar-refractivity contribution is 5.92. The molecule has 0 saturated carbocycles. The monoisotopic (exact) mass is 273 g/mol. The van der Waals surface area contributed by atoms with E-state index in [-0.39, 0.29) is 0 Å². The number of nitrogens with two attached hydrogens (primary N) is 1. The Morgan fingerprint density at radius 1 is 1.30 bits per heavy atom. The molecule has 0 bridgehead atoms. The largest absolute Gasteiger partial charge is 0.399 e. The quantitative estimate of drug-likeness (QED) is 0.743. The van der Waals surface area contributed by atoms with Gasteiger partial charge in [-0.05, 0) is 24.3 Å². The summed E-state index contributed by atoms with van der Waals surface area (Å²) in [6, 6.07) is 7.58.